The van der Waals surface area contributed by atoms with Gasteiger partial charge in [-0.05, 0) is 43.5 Å². The summed E-state index contributed by atoms with van der Waals surface area (Å²) in [6.45, 7) is 1.89. The highest BCUT2D eigenvalue weighted by atomic mass is 35.5. The second-order valence-corrected chi connectivity index (χ2v) is 6.75. The van der Waals surface area contributed by atoms with Crippen molar-refractivity contribution in [2.45, 2.75) is 50.0 Å². The molecule has 1 heterocycles. The Morgan fingerprint density at radius 1 is 1.19 bits per heavy atom. The second-order valence-electron chi connectivity index (χ2n) is 6.31. The molecule has 21 heavy (non-hydrogen) atoms. The molecule has 1 aliphatic heterocycles. The van der Waals surface area contributed by atoms with Gasteiger partial charge in [-0.1, -0.05) is 43.0 Å². The topological polar surface area (TPSA) is 41.1 Å². The molecule has 2 aliphatic rings. The van der Waals surface area contributed by atoms with Crippen LogP contribution in [0.3, 0.4) is 0 Å². The van der Waals surface area contributed by atoms with Crippen LogP contribution in [-0.2, 0) is 10.2 Å². The van der Waals surface area contributed by atoms with Crippen molar-refractivity contribution in [1.82, 2.24) is 10.6 Å². The Morgan fingerprint density at radius 2 is 1.90 bits per heavy atom. The summed E-state index contributed by atoms with van der Waals surface area (Å²) in [6.07, 6.45) is 6.40. The molecule has 1 saturated heterocycles. The maximum Gasteiger partial charge on any atom is 0.230 e. The number of halogens is 1. The van der Waals surface area contributed by atoms with Crippen LogP contribution in [0.4, 0.5) is 0 Å². The summed E-state index contributed by atoms with van der Waals surface area (Å²) in [5.74, 6) is 0.207. The quantitative estimate of drug-likeness (QED) is 0.901. The normalized spacial score (nSPS) is 24.7. The van der Waals surface area contributed by atoms with Crippen LogP contribution in [0.2, 0.25) is 5.02 Å². The fraction of sp³-hybridized carbons (Fsp3) is 0.588. The average Bonchev–Trinajstić information content (AvgIpc) is 3.01. The smallest absolute Gasteiger partial charge is 0.230 e. The monoisotopic (exact) mass is 306 g/mol. The first-order valence-corrected chi connectivity index (χ1v) is 8.36. The Bertz CT molecular complexity index is 488. The van der Waals surface area contributed by atoms with Gasteiger partial charge in [0.25, 0.3) is 0 Å². The Kier molecular flexibility index (Phi) is 4.51. The van der Waals surface area contributed by atoms with E-state index in [1.165, 1.54) is 6.42 Å². The third-order valence-electron chi connectivity index (χ3n) is 4.93. The third kappa shape index (κ3) is 3.09. The van der Waals surface area contributed by atoms with E-state index in [4.69, 9.17) is 11.6 Å². The zero-order valence-corrected chi connectivity index (χ0v) is 13.1. The van der Waals surface area contributed by atoms with E-state index in [2.05, 4.69) is 10.6 Å². The molecule has 0 aromatic heterocycles. The van der Waals surface area contributed by atoms with E-state index in [-0.39, 0.29) is 17.4 Å². The zero-order chi connectivity index (χ0) is 14.7. The lowest BCUT2D eigenvalue weighted by molar-refractivity contribution is -0.128. The fourth-order valence-corrected chi connectivity index (χ4v) is 3.80. The number of hydrogen-bond donors (Lipinski definition) is 2. The van der Waals surface area contributed by atoms with Gasteiger partial charge in [-0.2, -0.15) is 0 Å². The molecule has 0 spiro atoms. The van der Waals surface area contributed by atoms with E-state index in [0.29, 0.717) is 0 Å². The molecule has 3 rings (SSSR count). The van der Waals surface area contributed by atoms with Gasteiger partial charge in [-0.25, -0.2) is 0 Å². The molecule has 2 N–H and O–H groups in total. The van der Waals surface area contributed by atoms with Gasteiger partial charge in [0.05, 0.1) is 5.41 Å². The summed E-state index contributed by atoms with van der Waals surface area (Å²) < 4.78 is 0. The number of hydrogen-bond acceptors (Lipinski definition) is 2. The second kappa shape index (κ2) is 6.37. The van der Waals surface area contributed by atoms with E-state index >= 15 is 0 Å². The van der Waals surface area contributed by atoms with Crippen molar-refractivity contribution in [1.29, 1.82) is 0 Å². The summed E-state index contributed by atoms with van der Waals surface area (Å²) in [6, 6.07) is 8.14. The minimum Gasteiger partial charge on any atom is -0.351 e. The molecule has 1 amide bonds. The van der Waals surface area contributed by atoms with E-state index in [0.717, 1.165) is 55.8 Å². The number of amides is 1. The van der Waals surface area contributed by atoms with Crippen molar-refractivity contribution in [2.24, 2.45) is 0 Å². The van der Waals surface area contributed by atoms with Crippen LogP contribution in [0.1, 0.15) is 44.1 Å². The zero-order valence-electron chi connectivity index (χ0n) is 12.3. The molecule has 0 bridgehead atoms. The lowest BCUT2D eigenvalue weighted by Crippen LogP contribution is -2.49. The summed E-state index contributed by atoms with van der Waals surface area (Å²) >= 11 is 6.00. The molecule has 3 nitrogen and oxygen atoms in total. The molecular weight excluding hydrogens is 284 g/mol. The summed E-state index contributed by atoms with van der Waals surface area (Å²) in [5.41, 5.74) is 0.765. The van der Waals surface area contributed by atoms with Crippen LogP contribution < -0.4 is 10.6 Å². The largest absolute Gasteiger partial charge is 0.351 e. The lowest BCUT2D eigenvalue weighted by Gasteiger charge is -2.37. The Morgan fingerprint density at radius 3 is 2.52 bits per heavy atom. The fourth-order valence-electron chi connectivity index (χ4n) is 3.67. The highest BCUT2D eigenvalue weighted by Gasteiger charge is 2.41. The van der Waals surface area contributed by atoms with Crippen LogP contribution in [0, 0.1) is 0 Å². The van der Waals surface area contributed by atoms with Gasteiger partial charge in [0.1, 0.15) is 0 Å². The molecule has 1 aromatic carbocycles. The van der Waals surface area contributed by atoms with E-state index in [1.807, 2.05) is 24.3 Å². The van der Waals surface area contributed by atoms with Crippen LogP contribution in [0.25, 0.3) is 0 Å². The van der Waals surface area contributed by atoms with E-state index in [1.54, 1.807) is 0 Å². The molecule has 0 radical (unpaired) electrons. The number of benzene rings is 1. The van der Waals surface area contributed by atoms with Gasteiger partial charge in [0.15, 0.2) is 0 Å². The van der Waals surface area contributed by atoms with Gasteiger partial charge >= 0.3 is 0 Å². The van der Waals surface area contributed by atoms with Crippen molar-refractivity contribution in [3.63, 3.8) is 0 Å². The molecule has 1 saturated carbocycles. The standard InChI is InChI=1S/C17H23ClN2O/c18-14-6-4-13(5-7-14)17(9-2-1-3-10-17)16(21)20-15-8-11-19-12-15/h4-7,15,19H,1-3,8-12H2,(H,20,21). The van der Waals surface area contributed by atoms with Crippen LogP contribution in [0.5, 0.6) is 0 Å². The lowest BCUT2D eigenvalue weighted by atomic mass is 9.68. The van der Waals surface area contributed by atoms with Gasteiger partial charge in [0.2, 0.25) is 5.91 Å². The van der Waals surface area contributed by atoms with Gasteiger partial charge in [0, 0.05) is 17.6 Å². The van der Waals surface area contributed by atoms with Crippen molar-refractivity contribution in [2.75, 3.05) is 13.1 Å². The Balaban J connectivity index is 1.84. The maximum atomic E-state index is 13.0. The SMILES string of the molecule is O=C(NC1CCNC1)C1(c2ccc(Cl)cc2)CCCCC1. The molecule has 1 unspecified atom stereocenters. The van der Waals surface area contributed by atoms with Gasteiger partial charge in [-0.3, -0.25) is 4.79 Å². The van der Waals surface area contributed by atoms with Crippen LogP contribution in [0.15, 0.2) is 24.3 Å². The van der Waals surface area contributed by atoms with Crippen molar-refractivity contribution < 1.29 is 4.79 Å². The predicted octanol–water partition coefficient (Wildman–Crippen LogP) is 3.02. The molecule has 4 heteroatoms. The number of rotatable bonds is 3. The number of nitrogens with one attached hydrogen (secondary N) is 2. The van der Waals surface area contributed by atoms with Crippen molar-refractivity contribution in [3.05, 3.63) is 34.9 Å². The Hall–Kier alpha value is -1.06. The maximum absolute atomic E-state index is 13.0. The molecule has 1 aromatic rings. The minimum atomic E-state index is -0.356. The first kappa shape index (κ1) is 14.9. The third-order valence-corrected chi connectivity index (χ3v) is 5.19. The molecule has 1 atom stereocenters. The first-order chi connectivity index (χ1) is 10.2. The minimum absolute atomic E-state index is 0.207. The molecule has 2 fully saturated rings. The van der Waals surface area contributed by atoms with Gasteiger partial charge in [-0.15, -0.1) is 0 Å². The van der Waals surface area contributed by atoms with Crippen LogP contribution >= 0.6 is 11.6 Å². The predicted molar refractivity (Wildman–Crippen MR) is 85.6 cm³/mol. The highest BCUT2D eigenvalue weighted by molar-refractivity contribution is 6.30. The van der Waals surface area contributed by atoms with Crippen molar-refractivity contribution in [3.8, 4) is 0 Å². The summed E-state index contributed by atoms with van der Waals surface area (Å²) in [4.78, 5) is 13.0. The highest BCUT2D eigenvalue weighted by Crippen LogP contribution is 2.40. The van der Waals surface area contributed by atoms with E-state index < -0.39 is 0 Å². The average molecular weight is 307 g/mol. The Labute approximate surface area is 131 Å². The number of carbonyl (C=O) groups is 1. The number of carbonyl (C=O) groups excluding carboxylic acids is 1. The van der Waals surface area contributed by atoms with Gasteiger partial charge < -0.3 is 10.6 Å². The van der Waals surface area contributed by atoms with E-state index in [9.17, 15) is 4.79 Å². The molecule has 114 valence electrons. The first-order valence-electron chi connectivity index (χ1n) is 7.98. The molecular formula is C17H23ClN2O. The molecule has 1 aliphatic carbocycles. The van der Waals surface area contributed by atoms with Crippen LogP contribution in [-0.4, -0.2) is 25.0 Å². The summed E-state index contributed by atoms with van der Waals surface area (Å²) in [5, 5.41) is 7.30. The summed E-state index contributed by atoms with van der Waals surface area (Å²) in [7, 11) is 0. The van der Waals surface area contributed by atoms with Crippen molar-refractivity contribution >= 4 is 17.5 Å².